The SMILES string of the molecule is CCn1cncc1Cn1c(CN2CCC(c3ccccc3OCc3ccc(Cl)cc3F)CC2)nc2ccc(C)cc21. The first-order valence-corrected chi connectivity index (χ1v) is 14.7. The van der Waals surface area contributed by atoms with Crippen molar-refractivity contribution in [2.24, 2.45) is 0 Å². The number of para-hydroxylation sites is 1. The topological polar surface area (TPSA) is 48.1 Å². The highest BCUT2D eigenvalue weighted by atomic mass is 35.5. The van der Waals surface area contributed by atoms with Crippen LogP contribution in [0.15, 0.2) is 73.2 Å². The summed E-state index contributed by atoms with van der Waals surface area (Å²) in [5.41, 5.74) is 6.31. The fourth-order valence-electron chi connectivity index (χ4n) is 5.85. The van der Waals surface area contributed by atoms with Crippen molar-refractivity contribution < 1.29 is 9.13 Å². The summed E-state index contributed by atoms with van der Waals surface area (Å²) in [5.74, 6) is 1.95. The number of aromatic nitrogens is 4. The molecule has 3 heterocycles. The molecule has 0 unspecified atom stereocenters. The van der Waals surface area contributed by atoms with Crippen LogP contribution in [-0.2, 0) is 26.2 Å². The highest BCUT2D eigenvalue weighted by Crippen LogP contribution is 2.35. The molecule has 0 amide bonds. The van der Waals surface area contributed by atoms with Crippen LogP contribution in [0, 0.1) is 12.7 Å². The number of aryl methyl sites for hydroxylation is 2. The van der Waals surface area contributed by atoms with Gasteiger partial charge in [-0.25, -0.2) is 14.4 Å². The van der Waals surface area contributed by atoms with Gasteiger partial charge >= 0.3 is 0 Å². The van der Waals surface area contributed by atoms with Crippen molar-refractivity contribution in [2.75, 3.05) is 13.1 Å². The molecular formula is C33H35ClFN5O. The average Bonchev–Trinajstić information content (AvgIpc) is 3.57. The highest BCUT2D eigenvalue weighted by Gasteiger charge is 2.25. The van der Waals surface area contributed by atoms with E-state index in [0.717, 1.165) is 62.7 Å². The number of imidazole rings is 2. The van der Waals surface area contributed by atoms with E-state index in [4.69, 9.17) is 21.3 Å². The van der Waals surface area contributed by atoms with E-state index in [1.165, 1.54) is 28.4 Å². The first-order valence-electron chi connectivity index (χ1n) is 14.3. The molecule has 6 rings (SSSR count). The van der Waals surface area contributed by atoms with Crippen LogP contribution in [0.2, 0.25) is 5.02 Å². The van der Waals surface area contributed by atoms with Gasteiger partial charge in [-0.2, -0.15) is 0 Å². The fraction of sp³-hybridized carbons (Fsp3) is 0.333. The summed E-state index contributed by atoms with van der Waals surface area (Å²) in [7, 11) is 0. The minimum atomic E-state index is -0.344. The van der Waals surface area contributed by atoms with E-state index < -0.39 is 0 Å². The lowest BCUT2D eigenvalue weighted by molar-refractivity contribution is 0.195. The summed E-state index contributed by atoms with van der Waals surface area (Å²) in [6, 6.07) is 19.4. The Kier molecular flexibility index (Phi) is 8.08. The van der Waals surface area contributed by atoms with E-state index in [1.54, 1.807) is 12.1 Å². The molecule has 41 heavy (non-hydrogen) atoms. The second-order valence-electron chi connectivity index (χ2n) is 10.9. The number of fused-ring (bicyclic) bond motifs is 1. The van der Waals surface area contributed by atoms with Crippen LogP contribution >= 0.6 is 11.6 Å². The molecule has 8 heteroatoms. The maximum Gasteiger partial charge on any atom is 0.131 e. The molecule has 1 aliphatic rings. The third kappa shape index (κ3) is 6.02. The van der Waals surface area contributed by atoms with Gasteiger partial charge in [0.05, 0.1) is 36.1 Å². The molecule has 0 atom stereocenters. The summed E-state index contributed by atoms with van der Waals surface area (Å²) in [6.07, 6.45) is 5.91. The van der Waals surface area contributed by atoms with E-state index in [1.807, 2.05) is 24.7 Å². The summed E-state index contributed by atoms with van der Waals surface area (Å²) in [4.78, 5) is 12.0. The van der Waals surface area contributed by atoms with E-state index in [-0.39, 0.29) is 12.4 Å². The van der Waals surface area contributed by atoms with Gasteiger partial charge in [0.25, 0.3) is 0 Å². The number of piperidine rings is 1. The zero-order chi connectivity index (χ0) is 28.3. The van der Waals surface area contributed by atoms with Gasteiger partial charge in [0.15, 0.2) is 0 Å². The van der Waals surface area contributed by atoms with Crippen molar-refractivity contribution in [3.05, 3.63) is 112 Å². The Balaban J connectivity index is 1.15. The monoisotopic (exact) mass is 571 g/mol. The van der Waals surface area contributed by atoms with Crippen LogP contribution < -0.4 is 4.74 Å². The minimum absolute atomic E-state index is 0.172. The number of likely N-dealkylation sites (tertiary alicyclic amines) is 1. The number of ether oxygens (including phenoxy) is 1. The Hall–Kier alpha value is -3.68. The summed E-state index contributed by atoms with van der Waals surface area (Å²) in [6.45, 7) is 8.83. The van der Waals surface area contributed by atoms with Crippen molar-refractivity contribution >= 4 is 22.6 Å². The van der Waals surface area contributed by atoms with Gasteiger partial charge in [0.2, 0.25) is 0 Å². The molecule has 1 saturated heterocycles. The number of hydrogen-bond acceptors (Lipinski definition) is 4. The van der Waals surface area contributed by atoms with Crippen molar-refractivity contribution in [3.8, 4) is 5.75 Å². The predicted molar refractivity (Wildman–Crippen MR) is 161 cm³/mol. The molecule has 6 nitrogen and oxygen atoms in total. The Bertz CT molecular complexity index is 1650. The average molecular weight is 572 g/mol. The lowest BCUT2D eigenvalue weighted by atomic mass is 9.89. The molecule has 212 valence electrons. The second kappa shape index (κ2) is 12.0. The molecule has 0 saturated carbocycles. The number of halogens is 2. The van der Waals surface area contributed by atoms with E-state index in [2.05, 4.69) is 63.2 Å². The summed E-state index contributed by atoms with van der Waals surface area (Å²) >= 11 is 5.91. The van der Waals surface area contributed by atoms with Gasteiger partial charge in [-0.05, 0) is 87.2 Å². The molecule has 0 bridgehead atoms. The van der Waals surface area contributed by atoms with Crippen LogP contribution in [0.3, 0.4) is 0 Å². The van der Waals surface area contributed by atoms with Crippen molar-refractivity contribution in [3.63, 3.8) is 0 Å². The number of rotatable bonds is 9. The third-order valence-corrected chi connectivity index (χ3v) is 8.39. The Morgan fingerprint density at radius 2 is 1.85 bits per heavy atom. The highest BCUT2D eigenvalue weighted by molar-refractivity contribution is 6.30. The predicted octanol–water partition coefficient (Wildman–Crippen LogP) is 7.36. The molecule has 0 spiro atoms. The zero-order valence-corrected chi connectivity index (χ0v) is 24.3. The van der Waals surface area contributed by atoms with E-state index in [0.29, 0.717) is 16.5 Å². The largest absolute Gasteiger partial charge is 0.489 e. The van der Waals surface area contributed by atoms with Gasteiger partial charge in [-0.3, -0.25) is 4.90 Å². The molecule has 0 aliphatic carbocycles. The molecule has 0 radical (unpaired) electrons. The second-order valence-corrected chi connectivity index (χ2v) is 11.3. The van der Waals surface area contributed by atoms with E-state index >= 15 is 0 Å². The molecular weight excluding hydrogens is 537 g/mol. The van der Waals surface area contributed by atoms with Crippen LogP contribution in [0.1, 0.15) is 53.9 Å². The minimum Gasteiger partial charge on any atom is -0.489 e. The smallest absolute Gasteiger partial charge is 0.131 e. The maximum atomic E-state index is 14.3. The lowest BCUT2D eigenvalue weighted by Crippen LogP contribution is -2.33. The molecule has 1 fully saturated rings. The van der Waals surface area contributed by atoms with Gasteiger partial charge in [-0.15, -0.1) is 0 Å². The molecule has 0 N–H and O–H groups in total. The standard InChI is InChI=1S/C33H35ClFN5O/c1-3-39-22-36-18-27(39)19-40-31-16-23(2)8-11-30(31)37-33(40)20-38-14-12-24(13-15-38)28-6-4-5-7-32(28)41-21-25-9-10-26(34)17-29(25)35/h4-11,16-18,22,24H,3,12-15,19-21H2,1-2H3. The quantitative estimate of drug-likeness (QED) is 0.185. The van der Waals surface area contributed by atoms with Crippen molar-refractivity contribution in [1.82, 2.24) is 24.0 Å². The van der Waals surface area contributed by atoms with Crippen LogP contribution in [-0.4, -0.2) is 37.1 Å². The number of benzene rings is 3. The van der Waals surface area contributed by atoms with Gasteiger partial charge in [0, 0.05) is 23.3 Å². The lowest BCUT2D eigenvalue weighted by Gasteiger charge is -2.32. The van der Waals surface area contributed by atoms with Crippen molar-refractivity contribution in [1.29, 1.82) is 0 Å². The fourth-order valence-corrected chi connectivity index (χ4v) is 6.01. The first kappa shape index (κ1) is 27.5. The summed E-state index contributed by atoms with van der Waals surface area (Å²) < 4.78 is 25.0. The summed E-state index contributed by atoms with van der Waals surface area (Å²) in [5, 5.41) is 0.386. The molecule has 1 aliphatic heterocycles. The maximum absolute atomic E-state index is 14.3. The van der Waals surface area contributed by atoms with Gasteiger partial charge in [0.1, 0.15) is 24.0 Å². The number of nitrogens with zero attached hydrogens (tertiary/aromatic N) is 5. The zero-order valence-electron chi connectivity index (χ0n) is 23.6. The van der Waals surface area contributed by atoms with Gasteiger partial charge < -0.3 is 13.9 Å². The molecule has 5 aromatic rings. The van der Waals surface area contributed by atoms with E-state index in [9.17, 15) is 4.39 Å². The normalized spacial score (nSPS) is 14.6. The van der Waals surface area contributed by atoms with Gasteiger partial charge in [-0.1, -0.05) is 41.9 Å². The molecule has 3 aromatic carbocycles. The Labute approximate surface area is 245 Å². The van der Waals surface area contributed by atoms with Crippen LogP contribution in [0.5, 0.6) is 5.75 Å². The van der Waals surface area contributed by atoms with Crippen molar-refractivity contribution in [2.45, 2.75) is 58.8 Å². The molecule has 2 aromatic heterocycles. The first-order chi connectivity index (χ1) is 20.0. The van der Waals surface area contributed by atoms with Crippen LogP contribution in [0.25, 0.3) is 11.0 Å². The Morgan fingerprint density at radius 1 is 1.02 bits per heavy atom. The third-order valence-electron chi connectivity index (χ3n) is 8.15. The van der Waals surface area contributed by atoms with Crippen LogP contribution in [0.4, 0.5) is 4.39 Å². The Morgan fingerprint density at radius 3 is 2.66 bits per heavy atom. The number of hydrogen-bond donors (Lipinski definition) is 0.